The van der Waals surface area contributed by atoms with Crippen molar-refractivity contribution in [3.8, 4) is 0 Å². The number of carbonyl (C=O) groups excluding carboxylic acids is 1. The van der Waals surface area contributed by atoms with Crippen LogP contribution in [0.1, 0.15) is 22.8 Å². The van der Waals surface area contributed by atoms with Gasteiger partial charge in [0.05, 0.1) is 0 Å². The zero-order chi connectivity index (χ0) is 9.42. The van der Waals surface area contributed by atoms with Crippen LogP contribution >= 0.6 is 11.6 Å². The molecule has 0 bridgehead atoms. The van der Waals surface area contributed by atoms with Crippen molar-refractivity contribution in [2.24, 2.45) is 0 Å². The van der Waals surface area contributed by atoms with E-state index in [9.17, 15) is 4.79 Å². The Balaban J connectivity index is 2.49. The van der Waals surface area contributed by atoms with Crippen molar-refractivity contribution in [2.75, 3.05) is 6.54 Å². The Labute approximate surface area is 82.1 Å². The number of amides is 1. The molecule has 0 unspecified atom stereocenters. The van der Waals surface area contributed by atoms with E-state index in [1.807, 2.05) is 25.1 Å². The van der Waals surface area contributed by atoms with Gasteiger partial charge in [-0.05, 0) is 19.1 Å². The third-order valence-electron chi connectivity index (χ3n) is 2.37. The third-order valence-corrected chi connectivity index (χ3v) is 2.72. The summed E-state index contributed by atoms with van der Waals surface area (Å²) in [5.41, 5.74) is 1.73. The number of rotatable bonds is 1. The van der Waals surface area contributed by atoms with Crippen LogP contribution in [0.3, 0.4) is 0 Å². The predicted molar refractivity (Wildman–Crippen MR) is 51.9 cm³/mol. The summed E-state index contributed by atoms with van der Waals surface area (Å²) >= 11 is 5.98. The van der Waals surface area contributed by atoms with Crippen molar-refractivity contribution in [1.29, 1.82) is 0 Å². The van der Waals surface area contributed by atoms with Gasteiger partial charge in [0.2, 0.25) is 0 Å². The second-order valence-corrected chi connectivity index (χ2v) is 3.49. The van der Waals surface area contributed by atoms with Crippen LogP contribution in [0.15, 0.2) is 18.2 Å². The first kappa shape index (κ1) is 8.57. The molecule has 1 heterocycles. The van der Waals surface area contributed by atoms with E-state index >= 15 is 0 Å². The Bertz CT molecular complexity index is 362. The lowest BCUT2D eigenvalue weighted by molar-refractivity contribution is 0.0787. The average molecular weight is 196 g/mol. The zero-order valence-electron chi connectivity index (χ0n) is 7.38. The Hall–Kier alpha value is -1.02. The molecular weight excluding hydrogens is 186 g/mol. The molecule has 0 fully saturated rings. The molecular formula is C10H10ClNO. The molecule has 0 aliphatic carbocycles. The van der Waals surface area contributed by atoms with Gasteiger partial charge in [0, 0.05) is 29.2 Å². The van der Waals surface area contributed by atoms with E-state index in [2.05, 4.69) is 0 Å². The summed E-state index contributed by atoms with van der Waals surface area (Å²) < 4.78 is 0. The summed E-state index contributed by atoms with van der Waals surface area (Å²) in [4.78, 5) is 13.4. The maximum Gasteiger partial charge on any atom is 0.254 e. The van der Waals surface area contributed by atoms with Gasteiger partial charge in [-0.25, -0.2) is 0 Å². The van der Waals surface area contributed by atoms with Crippen molar-refractivity contribution >= 4 is 17.5 Å². The standard InChI is InChI=1S/C10H10ClNO/c1-2-12-6-8-7(10(12)13)4-3-5-9(8)11/h3-5H,2,6H2,1H3. The van der Waals surface area contributed by atoms with Crippen LogP contribution in [0.4, 0.5) is 0 Å². The van der Waals surface area contributed by atoms with Gasteiger partial charge in [0.25, 0.3) is 5.91 Å². The maximum atomic E-state index is 11.6. The molecule has 13 heavy (non-hydrogen) atoms. The Kier molecular flexibility index (Phi) is 2.00. The number of benzene rings is 1. The highest BCUT2D eigenvalue weighted by atomic mass is 35.5. The topological polar surface area (TPSA) is 20.3 Å². The number of hydrogen-bond acceptors (Lipinski definition) is 1. The van der Waals surface area contributed by atoms with Gasteiger partial charge >= 0.3 is 0 Å². The zero-order valence-corrected chi connectivity index (χ0v) is 8.14. The first-order valence-corrected chi connectivity index (χ1v) is 4.68. The summed E-state index contributed by atoms with van der Waals surface area (Å²) in [6.45, 7) is 3.37. The summed E-state index contributed by atoms with van der Waals surface area (Å²) in [6.07, 6.45) is 0. The summed E-state index contributed by atoms with van der Waals surface area (Å²) in [5, 5.41) is 0.696. The monoisotopic (exact) mass is 195 g/mol. The van der Waals surface area contributed by atoms with Crippen LogP contribution in [-0.4, -0.2) is 17.4 Å². The van der Waals surface area contributed by atoms with E-state index in [4.69, 9.17) is 11.6 Å². The largest absolute Gasteiger partial charge is 0.335 e. The maximum absolute atomic E-state index is 11.6. The molecule has 0 radical (unpaired) electrons. The van der Waals surface area contributed by atoms with Crippen molar-refractivity contribution in [2.45, 2.75) is 13.5 Å². The van der Waals surface area contributed by atoms with Gasteiger partial charge in [-0.1, -0.05) is 17.7 Å². The number of nitrogens with zero attached hydrogens (tertiary/aromatic N) is 1. The van der Waals surface area contributed by atoms with Crippen molar-refractivity contribution < 1.29 is 4.79 Å². The smallest absolute Gasteiger partial charge is 0.254 e. The second-order valence-electron chi connectivity index (χ2n) is 3.09. The molecule has 0 saturated heterocycles. The molecule has 0 N–H and O–H groups in total. The number of fused-ring (bicyclic) bond motifs is 1. The van der Waals surface area contributed by atoms with Crippen LogP contribution in [0, 0.1) is 0 Å². The van der Waals surface area contributed by atoms with E-state index in [1.54, 1.807) is 4.90 Å². The Morgan fingerprint density at radius 2 is 2.31 bits per heavy atom. The van der Waals surface area contributed by atoms with E-state index in [0.717, 1.165) is 17.7 Å². The fraction of sp³-hybridized carbons (Fsp3) is 0.300. The fourth-order valence-electron chi connectivity index (χ4n) is 1.61. The lowest BCUT2D eigenvalue weighted by Crippen LogP contribution is -2.22. The predicted octanol–water partition coefficient (Wildman–Crippen LogP) is 2.32. The molecule has 2 rings (SSSR count). The molecule has 1 aliphatic heterocycles. The fourth-order valence-corrected chi connectivity index (χ4v) is 1.84. The first-order valence-electron chi connectivity index (χ1n) is 4.30. The van der Waals surface area contributed by atoms with Crippen LogP contribution in [0.25, 0.3) is 0 Å². The molecule has 1 amide bonds. The SMILES string of the molecule is CCN1Cc2c(Cl)cccc2C1=O. The normalized spacial score (nSPS) is 14.9. The highest BCUT2D eigenvalue weighted by Gasteiger charge is 2.27. The molecule has 3 heteroatoms. The molecule has 0 saturated carbocycles. The number of hydrogen-bond donors (Lipinski definition) is 0. The minimum absolute atomic E-state index is 0.0972. The highest BCUT2D eigenvalue weighted by Crippen LogP contribution is 2.28. The summed E-state index contributed by atoms with van der Waals surface area (Å²) in [7, 11) is 0. The van der Waals surface area contributed by atoms with E-state index in [1.165, 1.54) is 0 Å². The third kappa shape index (κ3) is 1.22. The van der Waals surface area contributed by atoms with Crippen LogP contribution in [-0.2, 0) is 6.54 Å². The summed E-state index contributed by atoms with van der Waals surface area (Å²) in [6, 6.07) is 5.48. The van der Waals surface area contributed by atoms with Gasteiger partial charge < -0.3 is 4.90 Å². The van der Waals surface area contributed by atoms with Gasteiger partial charge in [-0.15, -0.1) is 0 Å². The van der Waals surface area contributed by atoms with E-state index in [-0.39, 0.29) is 5.91 Å². The quantitative estimate of drug-likeness (QED) is 0.674. The lowest BCUT2D eigenvalue weighted by Gasteiger charge is -2.10. The molecule has 0 atom stereocenters. The van der Waals surface area contributed by atoms with Gasteiger partial charge in [0.15, 0.2) is 0 Å². The van der Waals surface area contributed by atoms with E-state index in [0.29, 0.717) is 11.6 Å². The van der Waals surface area contributed by atoms with Gasteiger partial charge in [-0.3, -0.25) is 4.79 Å². The van der Waals surface area contributed by atoms with Crippen LogP contribution in [0.5, 0.6) is 0 Å². The second kappa shape index (κ2) is 3.04. The first-order chi connectivity index (χ1) is 6.24. The molecule has 1 aromatic carbocycles. The number of halogens is 1. The van der Waals surface area contributed by atoms with Crippen molar-refractivity contribution in [1.82, 2.24) is 4.90 Å². The van der Waals surface area contributed by atoms with Crippen molar-refractivity contribution in [3.05, 3.63) is 34.3 Å². The molecule has 1 aromatic rings. The lowest BCUT2D eigenvalue weighted by atomic mass is 10.1. The number of carbonyl (C=O) groups is 1. The van der Waals surface area contributed by atoms with Gasteiger partial charge in [0.1, 0.15) is 0 Å². The minimum atomic E-state index is 0.0972. The Morgan fingerprint density at radius 1 is 1.54 bits per heavy atom. The Morgan fingerprint density at radius 3 is 2.92 bits per heavy atom. The average Bonchev–Trinajstić information content (AvgIpc) is 2.45. The van der Waals surface area contributed by atoms with Crippen LogP contribution < -0.4 is 0 Å². The van der Waals surface area contributed by atoms with Crippen molar-refractivity contribution in [3.63, 3.8) is 0 Å². The molecule has 2 nitrogen and oxygen atoms in total. The van der Waals surface area contributed by atoms with E-state index < -0.39 is 0 Å². The molecule has 0 spiro atoms. The highest BCUT2D eigenvalue weighted by molar-refractivity contribution is 6.32. The molecule has 0 aromatic heterocycles. The summed E-state index contributed by atoms with van der Waals surface area (Å²) in [5.74, 6) is 0.0972. The van der Waals surface area contributed by atoms with Crippen LogP contribution in [0.2, 0.25) is 5.02 Å². The minimum Gasteiger partial charge on any atom is -0.335 e. The molecule has 1 aliphatic rings. The van der Waals surface area contributed by atoms with Gasteiger partial charge in [-0.2, -0.15) is 0 Å². The molecule has 68 valence electrons.